The number of hydrogen-bond acceptors (Lipinski definition) is 4. The number of fused-ring (bicyclic) bond motifs is 1. The molecule has 0 aromatic heterocycles. The Hall–Kier alpha value is -2.86. The fourth-order valence-corrected chi connectivity index (χ4v) is 3.56. The van der Waals surface area contributed by atoms with Gasteiger partial charge in [0.05, 0.1) is 18.1 Å². The molecule has 27 heavy (non-hydrogen) atoms. The molecule has 6 nitrogen and oxygen atoms in total. The normalized spacial score (nSPS) is 20.5. The third-order valence-corrected chi connectivity index (χ3v) is 5.08. The van der Waals surface area contributed by atoms with Crippen LogP contribution in [0.2, 0.25) is 0 Å². The van der Waals surface area contributed by atoms with Crippen LogP contribution in [0.25, 0.3) is 0 Å². The predicted octanol–water partition coefficient (Wildman–Crippen LogP) is 1.82. The van der Waals surface area contributed by atoms with E-state index in [0.29, 0.717) is 16.9 Å². The lowest BCUT2D eigenvalue weighted by Crippen LogP contribution is -2.26. The molecule has 0 unspecified atom stereocenters. The van der Waals surface area contributed by atoms with Crippen molar-refractivity contribution < 1.29 is 19.4 Å². The third-order valence-electron chi connectivity index (χ3n) is 5.08. The largest absolute Gasteiger partial charge is 0.486 e. The highest BCUT2D eigenvalue weighted by Gasteiger charge is 2.38. The molecule has 2 aromatic rings. The molecule has 0 bridgehead atoms. The van der Waals surface area contributed by atoms with Gasteiger partial charge in [-0.2, -0.15) is 0 Å². The summed E-state index contributed by atoms with van der Waals surface area (Å²) >= 11 is 0. The molecule has 1 aliphatic carbocycles. The van der Waals surface area contributed by atoms with Gasteiger partial charge in [0.2, 0.25) is 0 Å². The molecule has 0 radical (unpaired) electrons. The maximum Gasteiger partial charge on any atom is 0.254 e. The van der Waals surface area contributed by atoms with Crippen LogP contribution in [0, 0.1) is 0 Å². The lowest BCUT2D eigenvalue weighted by atomic mass is 9.86. The summed E-state index contributed by atoms with van der Waals surface area (Å²) in [6.45, 7) is -0.189. The second-order valence-electron chi connectivity index (χ2n) is 7.00. The van der Waals surface area contributed by atoms with Crippen LogP contribution in [0.1, 0.15) is 50.6 Å². The topological polar surface area (TPSA) is 87.7 Å². The van der Waals surface area contributed by atoms with Crippen LogP contribution in [-0.4, -0.2) is 42.7 Å². The Kier molecular flexibility index (Phi) is 4.58. The van der Waals surface area contributed by atoms with Gasteiger partial charge < -0.3 is 20.5 Å². The maximum absolute atomic E-state index is 12.6. The molecule has 1 fully saturated rings. The Balaban J connectivity index is 1.83. The van der Waals surface area contributed by atoms with E-state index in [1.165, 1.54) is 0 Å². The van der Waals surface area contributed by atoms with Gasteiger partial charge in [-0.05, 0) is 30.5 Å². The van der Waals surface area contributed by atoms with Crippen molar-refractivity contribution in [2.45, 2.75) is 30.9 Å². The number of aliphatic hydroxyl groups excluding tert-OH is 1. The van der Waals surface area contributed by atoms with E-state index in [1.807, 2.05) is 30.3 Å². The Morgan fingerprint density at radius 2 is 1.89 bits per heavy atom. The summed E-state index contributed by atoms with van der Waals surface area (Å²) in [5.74, 6) is -0.323. The van der Waals surface area contributed by atoms with Crippen LogP contribution >= 0.6 is 0 Å². The average Bonchev–Trinajstić information content (AvgIpc) is 3.43. The molecule has 1 saturated carbocycles. The van der Waals surface area contributed by atoms with Crippen molar-refractivity contribution in [2.75, 3.05) is 13.7 Å². The molecule has 140 valence electrons. The number of amides is 2. The molecule has 0 saturated heterocycles. The fraction of sp³-hybridized carbons (Fsp3) is 0.333. The lowest BCUT2D eigenvalue weighted by molar-refractivity contribution is 0.0947. The van der Waals surface area contributed by atoms with Gasteiger partial charge >= 0.3 is 0 Å². The first kappa shape index (κ1) is 17.5. The van der Waals surface area contributed by atoms with Crippen molar-refractivity contribution >= 4 is 11.8 Å². The minimum atomic E-state index is -0.507. The van der Waals surface area contributed by atoms with Crippen molar-refractivity contribution in [3.8, 4) is 5.75 Å². The van der Waals surface area contributed by atoms with Gasteiger partial charge in [-0.15, -0.1) is 0 Å². The van der Waals surface area contributed by atoms with E-state index in [-0.39, 0.29) is 30.4 Å². The maximum atomic E-state index is 12.6. The monoisotopic (exact) mass is 366 g/mol. The molecule has 2 aromatic carbocycles. The van der Waals surface area contributed by atoms with E-state index in [0.717, 1.165) is 24.0 Å². The summed E-state index contributed by atoms with van der Waals surface area (Å²) in [5, 5.41) is 15.4. The van der Waals surface area contributed by atoms with Gasteiger partial charge in [0.25, 0.3) is 11.8 Å². The number of carbonyl (C=O) groups is 2. The second-order valence-corrected chi connectivity index (χ2v) is 7.00. The van der Waals surface area contributed by atoms with Crippen molar-refractivity contribution in [1.29, 1.82) is 0 Å². The molecular weight excluding hydrogens is 344 g/mol. The van der Waals surface area contributed by atoms with Gasteiger partial charge in [0.1, 0.15) is 11.9 Å². The van der Waals surface area contributed by atoms with Crippen molar-refractivity contribution in [2.24, 2.45) is 0 Å². The number of rotatable bonds is 5. The van der Waals surface area contributed by atoms with Gasteiger partial charge in [-0.1, -0.05) is 30.3 Å². The zero-order valence-electron chi connectivity index (χ0n) is 15.1. The van der Waals surface area contributed by atoms with Gasteiger partial charge in [0, 0.05) is 24.2 Å². The standard InChI is InChI=1S/C21H22N2O4/c1-22-21(26)16-10-13(20(25)23-14-7-8-14)9-15-18(12-5-3-2-4-6-12)17(11-24)27-19(15)16/h2-6,9-10,14,17-18,24H,7-8,11H2,1H3,(H,22,26)(H,23,25)/t17-,18+/m0/s1. The Morgan fingerprint density at radius 3 is 2.52 bits per heavy atom. The van der Waals surface area contributed by atoms with E-state index >= 15 is 0 Å². The third kappa shape index (κ3) is 3.28. The minimum Gasteiger partial charge on any atom is -0.486 e. The van der Waals surface area contributed by atoms with Gasteiger partial charge in [-0.3, -0.25) is 9.59 Å². The molecule has 2 aliphatic rings. The van der Waals surface area contributed by atoms with Crippen LogP contribution in [0.5, 0.6) is 5.75 Å². The SMILES string of the molecule is CNC(=O)c1cc(C(=O)NC2CC2)cc2c1O[C@@H](CO)[C@@H]2c1ccccc1. The summed E-state index contributed by atoms with van der Waals surface area (Å²) in [6.07, 6.45) is 1.47. The highest BCUT2D eigenvalue weighted by molar-refractivity contribution is 6.02. The molecule has 4 rings (SSSR count). The number of aliphatic hydroxyl groups is 1. The van der Waals surface area contributed by atoms with Crippen molar-refractivity contribution in [3.63, 3.8) is 0 Å². The zero-order chi connectivity index (χ0) is 19.0. The number of benzene rings is 2. The van der Waals surface area contributed by atoms with Crippen LogP contribution in [0.4, 0.5) is 0 Å². The Morgan fingerprint density at radius 1 is 1.15 bits per heavy atom. The fourth-order valence-electron chi connectivity index (χ4n) is 3.56. The molecule has 0 spiro atoms. The molecule has 1 aliphatic heterocycles. The van der Waals surface area contributed by atoms with Crippen LogP contribution in [-0.2, 0) is 0 Å². The van der Waals surface area contributed by atoms with Crippen LogP contribution in [0.3, 0.4) is 0 Å². The Labute approximate surface area is 157 Å². The van der Waals surface area contributed by atoms with Crippen LogP contribution in [0.15, 0.2) is 42.5 Å². The number of hydrogen-bond donors (Lipinski definition) is 3. The zero-order valence-corrected chi connectivity index (χ0v) is 15.1. The summed E-state index contributed by atoms with van der Waals surface area (Å²) in [4.78, 5) is 25.1. The summed E-state index contributed by atoms with van der Waals surface area (Å²) in [6, 6.07) is 13.3. The first-order valence-electron chi connectivity index (χ1n) is 9.15. The predicted molar refractivity (Wildman–Crippen MR) is 100 cm³/mol. The van der Waals surface area contributed by atoms with E-state index in [1.54, 1.807) is 19.2 Å². The van der Waals surface area contributed by atoms with E-state index in [4.69, 9.17) is 4.74 Å². The number of carbonyl (C=O) groups excluding carboxylic acids is 2. The molecule has 2 amide bonds. The highest BCUT2D eigenvalue weighted by atomic mass is 16.5. The molecule has 3 N–H and O–H groups in total. The summed E-state index contributed by atoms with van der Waals surface area (Å²) in [7, 11) is 1.54. The first-order chi connectivity index (χ1) is 13.1. The lowest BCUT2D eigenvalue weighted by Gasteiger charge is -2.17. The molecular formula is C21H22N2O4. The smallest absolute Gasteiger partial charge is 0.254 e. The summed E-state index contributed by atoms with van der Waals surface area (Å²) < 4.78 is 5.96. The first-order valence-corrected chi connectivity index (χ1v) is 9.15. The van der Waals surface area contributed by atoms with Crippen molar-refractivity contribution in [1.82, 2.24) is 10.6 Å². The van der Waals surface area contributed by atoms with Crippen LogP contribution < -0.4 is 15.4 Å². The number of nitrogens with one attached hydrogen (secondary N) is 2. The minimum absolute atomic E-state index is 0.189. The van der Waals surface area contributed by atoms with Crippen molar-refractivity contribution in [3.05, 3.63) is 64.7 Å². The van der Waals surface area contributed by atoms with Gasteiger partial charge in [0.15, 0.2) is 0 Å². The average molecular weight is 366 g/mol. The van der Waals surface area contributed by atoms with E-state index in [2.05, 4.69) is 10.6 Å². The molecule has 2 atom stereocenters. The highest BCUT2D eigenvalue weighted by Crippen LogP contribution is 2.45. The molecule has 6 heteroatoms. The number of ether oxygens (including phenoxy) is 1. The summed E-state index contributed by atoms with van der Waals surface area (Å²) in [5.41, 5.74) is 2.47. The Bertz CT molecular complexity index is 877. The second kappa shape index (κ2) is 7.04. The van der Waals surface area contributed by atoms with E-state index in [9.17, 15) is 14.7 Å². The van der Waals surface area contributed by atoms with E-state index < -0.39 is 6.10 Å². The molecule has 1 heterocycles. The van der Waals surface area contributed by atoms with Gasteiger partial charge in [-0.25, -0.2) is 0 Å². The quantitative estimate of drug-likeness (QED) is 0.753.